The molecule has 0 aliphatic carbocycles. The number of Topliss-reactive ketones (excluding diaryl/α,β-unsaturated/α-hetero) is 1. The van der Waals surface area contributed by atoms with E-state index in [1.165, 1.54) is 38.2 Å². The summed E-state index contributed by atoms with van der Waals surface area (Å²) >= 11 is 0. The smallest absolute Gasteiger partial charge is 0.407 e. The number of benzene rings is 1. The molecule has 2 N–H and O–H groups in total. The molecule has 0 spiro atoms. The Labute approximate surface area is 92.9 Å². The molecule has 1 aromatic rings. The van der Waals surface area contributed by atoms with Crippen LogP contribution in [0, 0.1) is 0 Å². The average Bonchev–Trinajstić information content (AvgIpc) is 2.27. The minimum absolute atomic E-state index is 0.0655. The van der Waals surface area contributed by atoms with Gasteiger partial charge in [0.05, 0.1) is 6.04 Å². The molecule has 0 radical (unpaired) electrons. The summed E-state index contributed by atoms with van der Waals surface area (Å²) < 4.78 is 0. The maximum absolute atomic E-state index is 11.8. The number of aromatic hydroxyl groups is 1. The van der Waals surface area contributed by atoms with Crippen LogP contribution in [0.5, 0.6) is 5.75 Å². The largest absolute Gasteiger partial charge is 0.508 e. The molecule has 1 aromatic carbocycles. The minimum Gasteiger partial charge on any atom is -0.508 e. The van der Waals surface area contributed by atoms with Gasteiger partial charge in [-0.05, 0) is 31.2 Å². The second kappa shape index (κ2) is 4.65. The Morgan fingerprint density at radius 3 is 2.19 bits per heavy atom. The zero-order valence-corrected chi connectivity index (χ0v) is 9.04. The van der Waals surface area contributed by atoms with Gasteiger partial charge in [0.2, 0.25) is 0 Å². The van der Waals surface area contributed by atoms with Gasteiger partial charge in [0.1, 0.15) is 5.75 Å². The minimum atomic E-state index is -1.15. The van der Waals surface area contributed by atoms with Crippen molar-refractivity contribution in [2.45, 2.75) is 13.0 Å². The van der Waals surface area contributed by atoms with E-state index in [0.717, 1.165) is 4.90 Å². The van der Waals surface area contributed by atoms with Crippen LogP contribution >= 0.6 is 0 Å². The van der Waals surface area contributed by atoms with E-state index in [9.17, 15) is 9.59 Å². The number of rotatable bonds is 3. The van der Waals surface area contributed by atoms with Gasteiger partial charge in [-0.2, -0.15) is 0 Å². The number of amides is 1. The van der Waals surface area contributed by atoms with Gasteiger partial charge in [0.15, 0.2) is 5.78 Å². The number of hydrogen-bond acceptors (Lipinski definition) is 3. The zero-order valence-electron chi connectivity index (χ0n) is 9.04. The third-order valence-corrected chi connectivity index (χ3v) is 2.41. The summed E-state index contributed by atoms with van der Waals surface area (Å²) in [5.41, 5.74) is 0.374. The van der Waals surface area contributed by atoms with Crippen molar-refractivity contribution in [3.8, 4) is 5.75 Å². The van der Waals surface area contributed by atoms with E-state index in [1.807, 2.05) is 0 Å². The van der Waals surface area contributed by atoms with E-state index in [4.69, 9.17) is 10.2 Å². The quantitative estimate of drug-likeness (QED) is 0.762. The van der Waals surface area contributed by atoms with Crippen molar-refractivity contribution < 1.29 is 19.8 Å². The summed E-state index contributed by atoms with van der Waals surface area (Å²) in [5, 5.41) is 17.8. The average molecular weight is 223 g/mol. The van der Waals surface area contributed by atoms with Gasteiger partial charge in [-0.15, -0.1) is 0 Å². The molecule has 1 rings (SSSR count). The lowest BCUT2D eigenvalue weighted by atomic mass is 10.0. The topological polar surface area (TPSA) is 77.8 Å². The molecule has 0 saturated carbocycles. The number of phenols is 1. The molecule has 1 atom stereocenters. The molecule has 0 saturated heterocycles. The Morgan fingerprint density at radius 2 is 1.75 bits per heavy atom. The first-order valence-corrected chi connectivity index (χ1v) is 4.72. The van der Waals surface area contributed by atoms with Gasteiger partial charge >= 0.3 is 6.09 Å². The van der Waals surface area contributed by atoms with Gasteiger partial charge < -0.3 is 15.1 Å². The van der Waals surface area contributed by atoms with Gasteiger partial charge in [0.25, 0.3) is 0 Å². The molecule has 0 heterocycles. The summed E-state index contributed by atoms with van der Waals surface area (Å²) in [6, 6.07) is 4.96. The molecule has 0 fully saturated rings. The van der Waals surface area contributed by atoms with Crippen LogP contribution in [0.15, 0.2) is 24.3 Å². The van der Waals surface area contributed by atoms with Crippen molar-refractivity contribution in [3.05, 3.63) is 29.8 Å². The molecule has 0 aromatic heterocycles. The third-order valence-electron chi connectivity index (χ3n) is 2.41. The standard InChI is InChI=1S/C11H13NO4/c1-7(12(2)11(15)16)10(14)8-3-5-9(13)6-4-8/h3-7,13H,1-2H3,(H,15,16)/t7-/m0/s1. The van der Waals surface area contributed by atoms with Crippen LogP contribution in [-0.2, 0) is 0 Å². The molecule has 5 nitrogen and oxygen atoms in total. The predicted molar refractivity (Wildman–Crippen MR) is 57.7 cm³/mol. The highest BCUT2D eigenvalue weighted by Crippen LogP contribution is 2.13. The van der Waals surface area contributed by atoms with E-state index < -0.39 is 12.1 Å². The molecule has 5 heteroatoms. The van der Waals surface area contributed by atoms with Crippen LogP contribution in [0.2, 0.25) is 0 Å². The number of ketones is 1. The summed E-state index contributed by atoms with van der Waals surface area (Å²) in [5.74, 6) is -0.235. The van der Waals surface area contributed by atoms with Crippen molar-refractivity contribution in [2.75, 3.05) is 7.05 Å². The van der Waals surface area contributed by atoms with Crippen molar-refractivity contribution >= 4 is 11.9 Å². The number of hydrogen-bond donors (Lipinski definition) is 2. The van der Waals surface area contributed by atoms with E-state index >= 15 is 0 Å². The van der Waals surface area contributed by atoms with Crippen molar-refractivity contribution in [1.82, 2.24) is 4.90 Å². The number of phenolic OH excluding ortho intramolecular Hbond substituents is 1. The number of likely N-dealkylation sites (N-methyl/N-ethyl adjacent to an activating group) is 1. The first kappa shape index (κ1) is 12.0. The van der Waals surface area contributed by atoms with Gasteiger partial charge in [-0.1, -0.05) is 0 Å². The Hall–Kier alpha value is -2.04. The predicted octanol–water partition coefficient (Wildman–Crippen LogP) is 1.57. The molecular formula is C11H13NO4. The summed E-state index contributed by atoms with van der Waals surface area (Å²) in [4.78, 5) is 23.4. The fourth-order valence-electron chi connectivity index (χ4n) is 1.21. The molecule has 1 amide bonds. The van der Waals surface area contributed by atoms with Crippen molar-refractivity contribution in [2.24, 2.45) is 0 Å². The molecule has 0 aliphatic heterocycles. The maximum atomic E-state index is 11.8. The molecule has 16 heavy (non-hydrogen) atoms. The highest BCUT2D eigenvalue weighted by Gasteiger charge is 2.22. The molecule has 0 unspecified atom stereocenters. The number of carbonyl (C=O) groups excluding carboxylic acids is 1. The Balaban J connectivity index is 2.86. The van der Waals surface area contributed by atoms with Crippen LogP contribution < -0.4 is 0 Å². The number of carboxylic acid groups (broad SMARTS) is 1. The van der Waals surface area contributed by atoms with Gasteiger partial charge in [-0.3, -0.25) is 4.79 Å². The van der Waals surface area contributed by atoms with Crippen LogP contribution in [0.1, 0.15) is 17.3 Å². The van der Waals surface area contributed by atoms with Crippen LogP contribution in [0.25, 0.3) is 0 Å². The second-order valence-electron chi connectivity index (χ2n) is 3.48. The van der Waals surface area contributed by atoms with Crippen molar-refractivity contribution in [3.63, 3.8) is 0 Å². The summed E-state index contributed by atoms with van der Waals surface area (Å²) in [6.07, 6.45) is -1.15. The Kier molecular flexibility index (Phi) is 3.50. The van der Waals surface area contributed by atoms with Crippen molar-refractivity contribution in [1.29, 1.82) is 0 Å². The zero-order chi connectivity index (χ0) is 12.3. The molecule has 86 valence electrons. The number of carbonyl (C=O) groups is 2. The summed E-state index contributed by atoms with van der Waals surface area (Å²) in [7, 11) is 1.34. The molecule has 0 aliphatic rings. The number of nitrogens with zero attached hydrogens (tertiary/aromatic N) is 1. The van der Waals surface area contributed by atoms with E-state index in [0.29, 0.717) is 5.56 Å². The third kappa shape index (κ3) is 2.50. The monoisotopic (exact) mass is 223 g/mol. The first-order chi connectivity index (χ1) is 7.43. The fourth-order valence-corrected chi connectivity index (χ4v) is 1.21. The van der Waals surface area contributed by atoms with Gasteiger partial charge in [0, 0.05) is 12.6 Å². The normalized spacial score (nSPS) is 11.9. The second-order valence-corrected chi connectivity index (χ2v) is 3.48. The lowest BCUT2D eigenvalue weighted by Gasteiger charge is -2.20. The first-order valence-electron chi connectivity index (χ1n) is 4.72. The lowest BCUT2D eigenvalue weighted by molar-refractivity contribution is 0.0845. The fraction of sp³-hybridized carbons (Fsp3) is 0.273. The van der Waals surface area contributed by atoms with Crippen LogP contribution in [0.4, 0.5) is 4.79 Å². The highest BCUT2D eigenvalue weighted by molar-refractivity contribution is 6.01. The maximum Gasteiger partial charge on any atom is 0.407 e. The summed E-state index contributed by atoms with van der Waals surface area (Å²) in [6.45, 7) is 1.52. The Bertz CT molecular complexity index is 399. The molecule has 0 bridgehead atoms. The van der Waals surface area contributed by atoms with Gasteiger partial charge in [-0.25, -0.2) is 4.79 Å². The van der Waals surface area contributed by atoms with E-state index in [1.54, 1.807) is 0 Å². The SMILES string of the molecule is C[C@@H](C(=O)c1ccc(O)cc1)N(C)C(=O)O. The van der Waals surface area contributed by atoms with Crippen LogP contribution in [0.3, 0.4) is 0 Å². The Morgan fingerprint density at radius 1 is 1.25 bits per heavy atom. The van der Waals surface area contributed by atoms with E-state index in [2.05, 4.69) is 0 Å². The van der Waals surface area contributed by atoms with Crippen LogP contribution in [-0.4, -0.2) is 40.1 Å². The molecular weight excluding hydrogens is 210 g/mol. The lowest BCUT2D eigenvalue weighted by Crippen LogP contribution is -2.39. The highest BCUT2D eigenvalue weighted by atomic mass is 16.4. The van der Waals surface area contributed by atoms with E-state index in [-0.39, 0.29) is 11.5 Å².